The van der Waals surface area contributed by atoms with Crippen molar-refractivity contribution >= 4 is 5.91 Å². The van der Waals surface area contributed by atoms with E-state index in [9.17, 15) is 4.79 Å². The summed E-state index contributed by atoms with van der Waals surface area (Å²) >= 11 is 0. The molecule has 1 unspecified atom stereocenters. The maximum absolute atomic E-state index is 12.8. The number of likely N-dealkylation sites (N-methyl/N-ethyl adjacent to an activating group) is 1. The molecule has 0 aliphatic carbocycles. The van der Waals surface area contributed by atoms with Gasteiger partial charge in [0.2, 0.25) is 0 Å². The summed E-state index contributed by atoms with van der Waals surface area (Å²) in [5.41, 5.74) is 0.568. The van der Waals surface area contributed by atoms with Gasteiger partial charge in [-0.05, 0) is 26.9 Å². The standard InChI is InChI=1S/C19H28N6O/c1-4-17-21-12-16(13-22-17)19(26)25-8-5-6-15(14-25)18-20-7-9-24(18)11-10-23(2)3/h7,9,12-13,15H,4-6,8,10-11,14H2,1-3H3. The third-order valence-corrected chi connectivity index (χ3v) is 4.88. The molecular formula is C19H28N6O. The summed E-state index contributed by atoms with van der Waals surface area (Å²) in [4.78, 5) is 30.0. The number of carbonyl (C=O) groups is 1. The number of aryl methyl sites for hydroxylation is 1. The van der Waals surface area contributed by atoms with Crippen molar-refractivity contribution in [3.8, 4) is 0 Å². The molecule has 2 aromatic rings. The first kappa shape index (κ1) is 18.5. The Morgan fingerprint density at radius 1 is 1.27 bits per heavy atom. The first-order chi connectivity index (χ1) is 12.6. The van der Waals surface area contributed by atoms with Crippen LogP contribution in [0, 0.1) is 0 Å². The lowest BCUT2D eigenvalue weighted by molar-refractivity contribution is 0.0702. The fourth-order valence-electron chi connectivity index (χ4n) is 3.38. The molecule has 1 atom stereocenters. The van der Waals surface area contributed by atoms with E-state index in [0.717, 1.165) is 50.5 Å². The zero-order valence-electron chi connectivity index (χ0n) is 15.9. The molecule has 0 radical (unpaired) electrons. The molecule has 1 saturated heterocycles. The van der Waals surface area contributed by atoms with Crippen LogP contribution in [0.3, 0.4) is 0 Å². The molecule has 0 saturated carbocycles. The second-order valence-corrected chi connectivity index (χ2v) is 7.11. The Kier molecular flexibility index (Phi) is 5.98. The molecule has 140 valence electrons. The van der Waals surface area contributed by atoms with E-state index in [1.54, 1.807) is 12.4 Å². The van der Waals surface area contributed by atoms with E-state index < -0.39 is 0 Å². The van der Waals surface area contributed by atoms with Crippen molar-refractivity contribution in [2.24, 2.45) is 0 Å². The van der Waals surface area contributed by atoms with Crippen LogP contribution in [0.25, 0.3) is 0 Å². The fourth-order valence-corrected chi connectivity index (χ4v) is 3.38. The summed E-state index contributed by atoms with van der Waals surface area (Å²) in [5.74, 6) is 2.15. The molecule has 0 aromatic carbocycles. The summed E-state index contributed by atoms with van der Waals surface area (Å²) in [6.45, 7) is 5.38. The Hall–Kier alpha value is -2.28. The number of imidazole rings is 1. The molecule has 0 bridgehead atoms. The van der Waals surface area contributed by atoms with E-state index in [0.29, 0.717) is 12.1 Å². The van der Waals surface area contributed by atoms with Gasteiger partial charge in [0, 0.05) is 63.3 Å². The van der Waals surface area contributed by atoms with Crippen molar-refractivity contribution in [1.29, 1.82) is 0 Å². The van der Waals surface area contributed by atoms with Crippen molar-refractivity contribution in [1.82, 2.24) is 29.3 Å². The number of hydrogen-bond acceptors (Lipinski definition) is 5. The summed E-state index contributed by atoms with van der Waals surface area (Å²) in [5, 5.41) is 0. The van der Waals surface area contributed by atoms with Crippen molar-refractivity contribution in [2.45, 2.75) is 38.6 Å². The van der Waals surface area contributed by atoms with Gasteiger partial charge in [-0.25, -0.2) is 15.0 Å². The Morgan fingerprint density at radius 2 is 2.04 bits per heavy atom. The minimum Gasteiger partial charge on any atom is -0.338 e. The zero-order valence-corrected chi connectivity index (χ0v) is 15.9. The Bertz CT molecular complexity index is 724. The predicted molar refractivity (Wildman–Crippen MR) is 100 cm³/mol. The van der Waals surface area contributed by atoms with Gasteiger partial charge in [-0.2, -0.15) is 0 Å². The van der Waals surface area contributed by atoms with Crippen LogP contribution in [-0.2, 0) is 13.0 Å². The van der Waals surface area contributed by atoms with E-state index in [4.69, 9.17) is 0 Å². The van der Waals surface area contributed by atoms with Crippen LogP contribution >= 0.6 is 0 Å². The van der Waals surface area contributed by atoms with Crippen molar-refractivity contribution in [3.63, 3.8) is 0 Å². The first-order valence-electron chi connectivity index (χ1n) is 9.34. The van der Waals surface area contributed by atoms with Gasteiger partial charge < -0.3 is 14.4 Å². The number of likely N-dealkylation sites (tertiary alicyclic amines) is 1. The van der Waals surface area contributed by atoms with Gasteiger partial charge in [0.15, 0.2) is 0 Å². The van der Waals surface area contributed by atoms with E-state index in [1.807, 2.05) is 24.2 Å². The number of nitrogens with zero attached hydrogens (tertiary/aromatic N) is 6. The third kappa shape index (κ3) is 4.27. The van der Waals surface area contributed by atoms with Crippen LogP contribution in [-0.4, -0.2) is 69.0 Å². The quantitative estimate of drug-likeness (QED) is 0.790. The molecule has 3 heterocycles. The van der Waals surface area contributed by atoms with Crippen LogP contribution in [0.5, 0.6) is 0 Å². The van der Waals surface area contributed by atoms with Gasteiger partial charge in [-0.3, -0.25) is 4.79 Å². The average Bonchev–Trinajstić information content (AvgIpc) is 3.14. The Labute approximate surface area is 155 Å². The summed E-state index contributed by atoms with van der Waals surface area (Å²) in [7, 11) is 4.15. The van der Waals surface area contributed by atoms with E-state index >= 15 is 0 Å². The number of hydrogen-bond donors (Lipinski definition) is 0. The largest absolute Gasteiger partial charge is 0.338 e. The monoisotopic (exact) mass is 356 g/mol. The molecule has 0 N–H and O–H groups in total. The maximum atomic E-state index is 12.8. The van der Waals surface area contributed by atoms with Crippen LogP contribution in [0.1, 0.15) is 47.7 Å². The third-order valence-electron chi connectivity index (χ3n) is 4.88. The molecule has 3 rings (SSSR count). The van der Waals surface area contributed by atoms with E-state index in [2.05, 4.69) is 38.5 Å². The van der Waals surface area contributed by atoms with Gasteiger partial charge in [0.05, 0.1) is 5.56 Å². The number of rotatable bonds is 6. The van der Waals surface area contributed by atoms with E-state index in [-0.39, 0.29) is 11.8 Å². The highest BCUT2D eigenvalue weighted by molar-refractivity contribution is 5.93. The molecule has 7 heteroatoms. The van der Waals surface area contributed by atoms with Crippen molar-refractivity contribution < 1.29 is 4.79 Å². The summed E-state index contributed by atoms with van der Waals surface area (Å²) in [6.07, 6.45) is 10.0. The highest BCUT2D eigenvalue weighted by Crippen LogP contribution is 2.26. The molecule has 26 heavy (non-hydrogen) atoms. The average molecular weight is 356 g/mol. The molecule has 1 aliphatic heterocycles. The maximum Gasteiger partial charge on any atom is 0.257 e. The molecule has 0 spiro atoms. The smallest absolute Gasteiger partial charge is 0.257 e. The number of carbonyl (C=O) groups excluding carboxylic acids is 1. The lowest BCUT2D eigenvalue weighted by Crippen LogP contribution is -2.40. The SMILES string of the molecule is CCc1ncc(C(=O)N2CCCC(c3nccn3CCN(C)C)C2)cn1. The molecule has 7 nitrogen and oxygen atoms in total. The van der Waals surface area contributed by atoms with Gasteiger partial charge in [0.25, 0.3) is 5.91 Å². The summed E-state index contributed by atoms with van der Waals surface area (Å²) in [6, 6.07) is 0. The van der Waals surface area contributed by atoms with Crippen molar-refractivity contribution in [3.05, 3.63) is 42.0 Å². The predicted octanol–water partition coefficient (Wildman–Crippen LogP) is 1.82. The normalized spacial score (nSPS) is 17.7. The second kappa shape index (κ2) is 8.40. The molecule has 2 aromatic heterocycles. The van der Waals surface area contributed by atoms with Gasteiger partial charge in [-0.1, -0.05) is 6.92 Å². The van der Waals surface area contributed by atoms with Crippen LogP contribution in [0.2, 0.25) is 0 Å². The fraction of sp³-hybridized carbons (Fsp3) is 0.579. The highest BCUT2D eigenvalue weighted by Gasteiger charge is 2.28. The Morgan fingerprint density at radius 3 is 2.73 bits per heavy atom. The topological polar surface area (TPSA) is 67.2 Å². The van der Waals surface area contributed by atoms with Gasteiger partial charge in [0.1, 0.15) is 11.6 Å². The number of aromatic nitrogens is 4. The number of piperidine rings is 1. The van der Waals surface area contributed by atoms with Gasteiger partial charge in [-0.15, -0.1) is 0 Å². The minimum atomic E-state index is 0.0174. The second-order valence-electron chi connectivity index (χ2n) is 7.11. The zero-order chi connectivity index (χ0) is 18.5. The summed E-state index contributed by atoms with van der Waals surface area (Å²) < 4.78 is 2.22. The Balaban J connectivity index is 1.69. The highest BCUT2D eigenvalue weighted by atomic mass is 16.2. The van der Waals surface area contributed by atoms with Crippen LogP contribution in [0.4, 0.5) is 0 Å². The molecule has 1 aliphatic rings. The lowest BCUT2D eigenvalue weighted by Gasteiger charge is -2.32. The first-order valence-corrected chi connectivity index (χ1v) is 9.34. The van der Waals surface area contributed by atoms with Gasteiger partial charge >= 0.3 is 0 Å². The van der Waals surface area contributed by atoms with Crippen molar-refractivity contribution in [2.75, 3.05) is 33.7 Å². The lowest BCUT2D eigenvalue weighted by atomic mass is 9.96. The minimum absolute atomic E-state index is 0.0174. The molecule has 1 amide bonds. The van der Waals surface area contributed by atoms with Crippen LogP contribution in [0.15, 0.2) is 24.8 Å². The number of amides is 1. The molecular weight excluding hydrogens is 328 g/mol. The molecule has 1 fully saturated rings. The van der Waals surface area contributed by atoms with Crippen LogP contribution < -0.4 is 0 Å². The van der Waals surface area contributed by atoms with E-state index in [1.165, 1.54) is 0 Å².